The van der Waals surface area contributed by atoms with Crippen LogP contribution in [0.2, 0.25) is 0 Å². The van der Waals surface area contributed by atoms with E-state index in [0.717, 1.165) is 0 Å². The van der Waals surface area contributed by atoms with Gasteiger partial charge in [0.2, 0.25) is 0 Å². The van der Waals surface area contributed by atoms with Gasteiger partial charge in [0, 0.05) is 12.0 Å². The van der Waals surface area contributed by atoms with Gasteiger partial charge in [-0.15, -0.1) is 0 Å². The third kappa shape index (κ3) is 5.89. The van der Waals surface area contributed by atoms with Crippen LogP contribution >= 0.6 is 0 Å². The summed E-state index contributed by atoms with van der Waals surface area (Å²) in [6, 6.07) is -0.931. The number of amidine groups is 1. The smallest absolute Gasteiger partial charge is 0.260 e. The van der Waals surface area contributed by atoms with Crippen molar-refractivity contribution >= 4 is 5.84 Å². The molecule has 84 valence electrons. The van der Waals surface area contributed by atoms with Crippen LogP contribution in [0.1, 0.15) is 41.0 Å². The fraction of sp³-hybridized carbons (Fsp3) is 0.900. The molecule has 1 N–H and O–H groups in total. The topological polar surface area (TPSA) is 24.4 Å². The van der Waals surface area contributed by atoms with E-state index in [1.54, 1.807) is 0 Å². The van der Waals surface area contributed by atoms with E-state index in [1.807, 2.05) is 27.7 Å². The van der Waals surface area contributed by atoms with Gasteiger partial charge in [-0.25, -0.2) is 8.78 Å². The summed E-state index contributed by atoms with van der Waals surface area (Å²) in [4.78, 5) is 3.94. The Morgan fingerprint density at radius 2 is 1.86 bits per heavy atom. The first kappa shape index (κ1) is 13.3. The van der Waals surface area contributed by atoms with Crippen molar-refractivity contribution in [3.63, 3.8) is 0 Å². The number of rotatable bonds is 3. The number of aliphatic imine (C=N–C) groups is 1. The van der Waals surface area contributed by atoms with Crippen LogP contribution in [0.15, 0.2) is 4.99 Å². The SMILES string of the molecule is CCC(=NC(C)C(F)F)NC(C)(C)C. The van der Waals surface area contributed by atoms with E-state index in [-0.39, 0.29) is 5.54 Å². The summed E-state index contributed by atoms with van der Waals surface area (Å²) in [5.41, 5.74) is -0.128. The molecule has 0 radical (unpaired) electrons. The first-order chi connectivity index (χ1) is 6.26. The molecule has 0 aromatic carbocycles. The summed E-state index contributed by atoms with van der Waals surface area (Å²) in [5, 5.41) is 3.11. The minimum absolute atomic E-state index is 0.128. The van der Waals surface area contributed by atoms with Gasteiger partial charge in [-0.05, 0) is 27.7 Å². The van der Waals surface area contributed by atoms with Crippen LogP contribution in [0, 0.1) is 0 Å². The van der Waals surface area contributed by atoms with Gasteiger partial charge in [0.25, 0.3) is 6.43 Å². The molecule has 0 aliphatic heterocycles. The standard InChI is InChI=1S/C10H20F2N2/c1-6-8(14-10(3,4)5)13-7(2)9(11)12/h7,9H,6H2,1-5H3,(H,13,14). The van der Waals surface area contributed by atoms with Crippen molar-refractivity contribution in [3.05, 3.63) is 0 Å². The van der Waals surface area contributed by atoms with E-state index in [4.69, 9.17) is 0 Å². The van der Waals surface area contributed by atoms with Crippen molar-refractivity contribution in [1.82, 2.24) is 5.32 Å². The first-order valence-electron chi connectivity index (χ1n) is 4.89. The second-order valence-corrected chi connectivity index (χ2v) is 4.38. The third-order valence-corrected chi connectivity index (χ3v) is 1.58. The monoisotopic (exact) mass is 206 g/mol. The lowest BCUT2D eigenvalue weighted by Gasteiger charge is -2.23. The quantitative estimate of drug-likeness (QED) is 0.557. The Bertz CT molecular complexity index is 195. The van der Waals surface area contributed by atoms with Gasteiger partial charge in [0.15, 0.2) is 0 Å². The van der Waals surface area contributed by atoms with Crippen LogP contribution in [-0.4, -0.2) is 23.8 Å². The molecule has 0 aromatic heterocycles. The summed E-state index contributed by atoms with van der Waals surface area (Å²) in [6.07, 6.45) is -1.74. The highest BCUT2D eigenvalue weighted by molar-refractivity contribution is 5.82. The molecule has 0 bridgehead atoms. The average molecular weight is 206 g/mol. The van der Waals surface area contributed by atoms with Gasteiger partial charge in [0.1, 0.15) is 6.04 Å². The number of hydrogen-bond acceptors (Lipinski definition) is 1. The summed E-state index contributed by atoms with van der Waals surface area (Å²) in [6.45, 7) is 9.25. The zero-order valence-corrected chi connectivity index (χ0v) is 9.56. The highest BCUT2D eigenvalue weighted by Gasteiger charge is 2.16. The lowest BCUT2D eigenvalue weighted by atomic mass is 10.1. The van der Waals surface area contributed by atoms with Crippen molar-refractivity contribution in [2.24, 2.45) is 4.99 Å². The predicted octanol–water partition coefficient (Wildman–Crippen LogP) is 2.84. The molecule has 0 aliphatic rings. The van der Waals surface area contributed by atoms with E-state index < -0.39 is 12.5 Å². The molecule has 0 spiro atoms. The minimum Gasteiger partial charge on any atom is -0.369 e. The lowest BCUT2D eigenvalue weighted by Crippen LogP contribution is -2.41. The van der Waals surface area contributed by atoms with Crippen LogP contribution in [0.3, 0.4) is 0 Å². The number of halogens is 2. The van der Waals surface area contributed by atoms with E-state index in [0.29, 0.717) is 12.3 Å². The van der Waals surface area contributed by atoms with E-state index in [1.165, 1.54) is 6.92 Å². The molecule has 0 aromatic rings. The molecular weight excluding hydrogens is 186 g/mol. The van der Waals surface area contributed by atoms with Gasteiger partial charge in [-0.3, -0.25) is 4.99 Å². The zero-order chi connectivity index (χ0) is 11.4. The summed E-state index contributed by atoms with van der Waals surface area (Å²) in [7, 11) is 0. The van der Waals surface area contributed by atoms with Crippen molar-refractivity contribution in [2.45, 2.75) is 59.0 Å². The Kier molecular flexibility index (Phi) is 5.02. The van der Waals surface area contributed by atoms with Crippen LogP contribution in [0.5, 0.6) is 0 Å². The van der Waals surface area contributed by atoms with Crippen LogP contribution in [-0.2, 0) is 0 Å². The van der Waals surface area contributed by atoms with Gasteiger partial charge >= 0.3 is 0 Å². The Hall–Kier alpha value is -0.670. The molecular formula is C10H20F2N2. The molecule has 0 heterocycles. The third-order valence-electron chi connectivity index (χ3n) is 1.58. The van der Waals surface area contributed by atoms with Crippen molar-refractivity contribution in [2.75, 3.05) is 0 Å². The molecule has 0 saturated heterocycles. The second-order valence-electron chi connectivity index (χ2n) is 4.38. The average Bonchev–Trinajstić information content (AvgIpc) is 2.00. The van der Waals surface area contributed by atoms with Gasteiger partial charge in [-0.1, -0.05) is 6.92 Å². The fourth-order valence-electron chi connectivity index (χ4n) is 0.947. The Labute approximate surface area is 84.8 Å². The largest absolute Gasteiger partial charge is 0.369 e. The fourth-order valence-corrected chi connectivity index (χ4v) is 0.947. The maximum absolute atomic E-state index is 12.2. The molecule has 14 heavy (non-hydrogen) atoms. The van der Waals surface area contributed by atoms with E-state index in [2.05, 4.69) is 10.3 Å². The van der Waals surface area contributed by atoms with Gasteiger partial charge in [-0.2, -0.15) is 0 Å². The number of nitrogens with one attached hydrogen (secondary N) is 1. The van der Waals surface area contributed by atoms with Crippen LogP contribution in [0.25, 0.3) is 0 Å². The summed E-state index contributed by atoms with van der Waals surface area (Å²) >= 11 is 0. The summed E-state index contributed by atoms with van der Waals surface area (Å²) in [5.74, 6) is 0.644. The van der Waals surface area contributed by atoms with Crippen LogP contribution in [0.4, 0.5) is 8.78 Å². The number of hydrogen-bond donors (Lipinski definition) is 1. The molecule has 1 unspecified atom stereocenters. The predicted molar refractivity (Wildman–Crippen MR) is 56.1 cm³/mol. The number of alkyl halides is 2. The number of nitrogens with zero attached hydrogens (tertiary/aromatic N) is 1. The van der Waals surface area contributed by atoms with Crippen LogP contribution < -0.4 is 5.32 Å². The summed E-state index contributed by atoms with van der Waals surface area (Å²) < 4.78 is 24.4. The van der Waals surface area contributed by atoms with Gasteiger partial charge < -0.3 is 5.32 Å². The van der Waals surface area contributed by atoms with E-state index in [9.17, 15) is 8.78 Å². The Morgan fingerprint density at radius 1 is 1.36 bits per heavy atom. The molecule has 0 aliphatic carbocycles. The molecule has 2 nitrogen and oxygen atoms in total. The Balaban J connectivity index is 4.40. The molecule has 4 heteroatoms. The molecule has 0 amide bonds. The highest BCUT2D eigenvalue weighted by atomic mass is 19.3. The maximum atomic E-state index is 12.2. The molecule has 0 rings (SSSR count). The molecule has 0 saturated carbocycles. The highest BCUT2D eigenvalue weighted by Crippen LogP contribution is 2.07. The van der Waals surface area contributed by atoms with Crippen molar-refractivity contribution in [3.8, 4) is 0 Å². The molecule has 0 fully saturated rings. The minimum atomic E-state index is -2.39. The van der Waals surface area contributed by atoms with E-state index >= 15 is 0 Å². The normalized spacial score (nSPS) is 15.9. The molecule has 1 atom stereocenters. The van der Waals surface area contributed by atoms with Crippen molar-refractivity contribution < 1.29 is 8.78 Å². The maximum Gasteiger partial charge on any atom is 0.260 e. The zero-order valence-electron chi connectivity index (χ0n) is 9.56. The lowest BCUT2D eigenvalue weighted by molar-refractivity contribution is 0.123. The second kappa shape index (κ2) is 5.27. The first-order valence-corrected chi connectivity index (χ1v) is 4.89. The Morgan fingerprint density at radius 3 is 2.14 bits per heavy atom. The van der Waals surface area contributed by atoms with Gasteiger partial charge in [0.05, 0.1) is 5.84 Å². The van der Waals surface area contributed by atoms with Crippen molar-refractivity contribution in [1.29, 1.82) is 0 Å².